The molecule has 0 saturated heterocycles. The topological polar surface area (TPSA) is 65.5 Å². The van der Waals surface area contributed by atoms with Crippen molar-refractivity contribution in [3.63, 3.8) is 0 Å². The van der Waals surface area contributed by atoms with Gasteiger partial charge in [-0.15, -0.1) is 0 Å². The Morgan fingerprint density at radius 2 is 1.85 bits per heavy atom. The first-order valence-electron chi connectivity index (χ1n) is 5.96. The zero-order valence-electron chi connectivity index (χ0n) is 11.2. The molecule has 2 rings (SSSR count). The lowest BCUT2D eigenvalue weighted by Gasteiger charge is -2.06. The maximum atomic E-state index is 12.0. The number of aryl methyl sites for hydroxylation is 1. The Bertz CT molecular complexity index is 681. The highest BCUT2D eigenvalue weighted by atomic mass is 32.2. The molecule has 0 amide bonds. The first-order chi connectivity index (χ1) is 9.51. The fraction of sp³-hybridized carbons (Fsp3) is 0.214. The van der Waals surface area contributed by atoms with Crippen LogP contribution in [0.4, 0.5) is 0 Å². The Hall–Kier alpha value is -1.92. The fourth-order valence-electron chi connectivity index (χ4n) is 1.57. The molecule has 1 aromatic carbocycles. The number of hydrogen-bond donors (Lipinski definition) is 0. The largest absolute Gasteiger partial charge is 0.497 e. The van der Waals surface area contributed by atoms with Crippen LogP contribution >= 0.6 is 0 Å². The quantitative estimate of drug-likeness (QED) is 0.791. The molecule has 0 aliphatic rings. The summed E-state index contributed by atoms with van der Waals surface area (Å²) < 4.78 is 34.0. The van der Waals surface area contributed by atoms with Crippen LogP contribution in [0, 0.1) is 6.92 Å². The van der Waals surface area contributed by atoms with E-state index in [1.807, 2.05) is 6.92 Å². The molecule has 0 atom stereocenters. The van der Waals surface area contributed by atoms with Gasteiger partial charge in [0.25, 0.3) is 10.1 Å². The second-order valence-electron chi connectivity index (χ2n) is 4.22. The van der Waals surface area contributed by atoms with Crippen LogP contribution < -0.4 is 4.74 Å². The Morgan fingerprint density at radius 1 is 1.15 bits per heavy atom. The van der Waals surface area contributed by atoms with E-state index in [1.54, 1.807) is 24.3 Å². The van der Waals surface area contributed by atoms with Gasteiger partial charge < -0.3 is 4.74 Å². The van der Waals surface area contributed by atoms with Gasteiger partial charge in [-0.25, -0.2) is 0 Å². The third-order valence-corrected chi connectivity index (χ3v) is 3.97. The molecule has 1 aromatic heterocycles. The number of benzene rings is 1. The Kier molecular flexibility index (Phi) is 4.36. The first kappa shape index (κ1) is 14.5. The second kappa shape index (κ2) is 6.02. The summed E-state index contributed by atoms with van der Waals surface area (Å²) in [6.45, 7) is 1.75. The van der Waals surface area contributed by atoms with Crippen LogP contribution in [0.25, 0.3) is 0 Å². The van der Waals surface area contributed by atoms with Crippen LogP contribution in [-0.2, 0) is 20.9 Å². The summed E-state index contributed by atoms with van der Waals surface area (Å²) in [5, 5.41) is 0. The minimum absolute atomic E-state index is 0.131. The average Bonchev–Trinajstić information content (AvgIpc) is 2.46. The van der Waals surface area contributed by atoms with E-state index in [0.717, 1.165) is 5.56 Å². The van der Waals surface area contributed by atoms with Gasteiger partial charge >= 0.3 is 0 Å². The second-order valence-corrected chi connectivity index (χ2v) is 5.83. The normalized spacial score (nSPS) is 11.3. The molecular formula is C14H15NO4S. The number of nitrogens with zero attached hydrogens (tertiary/aromatic N) is 1. The zero-order chi connectivity index (χ0) is 14.6. The number of pyridine rings is 1. The highest BCUT2D eigenvalue weighted by Gasteiger charge is 2.15. The summed E-state index contributed by atoms with van der Waals surface area (Å²) in [5.74, 6) is 0.603. The van der Waals surface area contributed by atoms with Crippen LogP contribution in [0.15, 0.2) is 47.5 Å². The molecular weight excluding hydrogens is 278 g/mol. The Morgan fingerprint density at radius 3 is 2.50 bits per heavy atom. The minimum Gasteiger partial charge on any atom is -0.497 e. The van der Waals surface area contributed by atoms with Crippen LogP contribution in [0.5, 0.6) is 5.75 Å². The summed E-state index contributed by atoms with van der Waals surface area (Å²) in [6, 6.07) is 9.79. The number of aromatic nitrogens is 1. The van der Waals surface area contributed by atoms with Gasteiger partial charge in [0.15, 0.2) is 0 Å². The van der Waals surface area contributed by atoms with Crippen molar-refractivity contribution in [2.24, 2.45) is 0 Å². The predicted octanol–water partition coefficient (Wildman–Crippen LogP) is 2.30. The van der Waals surface area contributed by atoms with Crippen LogP contribution in [0.2, 0.25) is 0 Å². The van der Waals surface area contributed by atoms with E-state index in [1.165, 1.54) is 25.4 Å². The van der Waals surface area contributed by atoms with Gasteiger partial charge in [0, 0.05) is 12.3 Å². The molecule has 2 aromatic rings. The smallest absolute Gasteiger partial charge is 0.297 e. The van der Waals surface area contributed by atoms with Crippen LogP contribution in [0.3, 0.4) is 0 Å². The maximum Gasteiger partial charge on any atom is 0.297 e. The lowest BCUT2D eigenvalue weighted by atomic mass is 10.2. The summed E-state index contributed by atoms with van der Waals surface area (Å²) in [6.07, 6.45) is 1.54. The van der Waals surface area contributed by atoms with E-state index in [-0.39, 0.29) is 11.5 Å². The number of methoxy groups -OCH3 is 1. The molecule has 0 aliphatic carbocycles. The van der Waals surface area contributed by atoms with Crippen molar-refractivity contribution >= 4 is 10.1 Å². The van der Waals surface area contributed by atoms with E-state index in [0.29, 0.717) is 11.4 Å². The molecule has 5 nitrogen and oxygen atoms in total. The third-order valence-electron chi connectivity index (χ3n) is 2.70. The number of ether oxygens (including phenoxy) is 1. The number of hydrogen-bond acceptors (Lipinski definition) is 5. The van der Waals surface area contributed by atoms with Gasteiger partial charge in [-0.2, -0.15) is 8.42 Å². The molecule has 0 radical (unpaired) electrons. The van der Waals surface area contributed by atoms with Crippen molar-refractivity contribution in [1.29, 1.82) is 0 Å². The van der Waals surface area contributed by atoms with E-state index in [4.69, 9.17) is 8.92 Å². The van der Waals surface area contributed by atoms with Crippen molar-refractivity contribution in [2.45, 2.75) is 18.4 Å². The Labute approximate surface area is 118 Å². The van der Waals surface area contributed by atoms with Gasteiger partial charge in [0.2, 0.25) is 0 Å². The van der Waals surface area contributed by atoms with E-state index in [2.05, 4.69) is 4.98 Å². The molecule has 0 N–H and O–H groups in total. The van der Waals surface area contributed by atoms with Gasteiger partial charge in [0.05, 0.1) is 17.7 Å². The highest BCUT2D eigenvalue weighted by Crippen LogP contribution is 2.16. The van der Waals surface area contributed by atoms with E-state index < -0.39 is 10.1 Å². The average molecular weight is 293 g/mol. The molecule has 20 heavy (non-hydrogen) atoms. The minimum atomic E-state index is -3.78. The lowest BCUT2D eigenvalue weighted by molar-refractivity contribution is 0.302. The van der Waals surface area contributed by atoms with Crippen LogP contribution in [-0.4, -0.2) is 20.5 Å². The molecule has 0 bridgehead atoms. The number of rotatable bonds is 5. The third kappa shape index (κ3) is 3.55. The van der Waals surface area contributed by atoms with Crippen molar-refractivity contribution in [3.05, 3.63) is 53.9 Å². The fourth-order valence-corrected chi connectivity index (χ4v) is 2.45. The van der Waals surface area contributed by atoms with Crippen molar-refractivity contribution in [1.82, 2.24) is 4.98 Å². The van der Waals surface area contributed by atoms with Crippen molar-refractivity contribution in [3.8, 4) is 5.75 Å². The molecule has 0 spiro atoms. The molecule has 0 aliphatic heterocycles. The Balaban J connectivity index is 2.10. The zero-order valence-corrected chi connectivity index (χ0v) is 12.1. The van der Waals surface area contributed by atoms with Crippen molar-refractivity contribution in [2.75, 3.05) is 7.11 Å². The summed E-state index contributed by atoms with van der Waals surface area (Å²) in [5.41, 5.74) is 1.47. The predicted molar refractivity (Wildman–Crippen MR) is 73.9 cm³/mol. The molecule has 0 unspecified atom stereocenters. The lowest BCUT2D eigenvalue weighted by Crippen LogP contribution is -2.07. The first-order valence-corrected chi connectivity index (χ1v) is 7.37. The van der Waals surface area contributed by atoms with E-state index in [9.17, 15) is 8.42 Å². The maximum absolute atomic E-state index is 12.0. The molecule has 106 valence electrons. The molecule has 0 fully saturated rings. The van der Waals surface area contributed by atoms with Crippen molar-refractivity contribution < 1.29 is 17.3 Å². The summed E-state index contributed by atoms with van der Waals surface area (Å²) in [7, 11) is -2.24. The summed E-state index contributed by atoms with van der Waals surface area (Å²) in [4.78, 5) is 4.16. The van der Waals surface area contributed by atoms with Gasteiger partial charge in [0.1, 0.15) is 12.4 Å². The van der Waals surface area contributed by atoms with Crippen LogP contribution in [0.1, 0.15) is 11.3 Å². The summed E-state index contributed by atoms with van der Waals surface area (Å²) >= 11 is 0. The molecule has 6 heteroatoms. The van der Waals surface area contributed by atoms with Gasteiger partial charge in [-0.3, -0.25) is 9.17 Å². The molecule has 1 heterocycles. The monoisotopic (exact) mass is 293 g/mol. The standard InChI is InChI=1S/C14H15NO4S/c1-11-3-5-14(6-4-11)20(16,17)19-10-12-9-13(18-2)7-8-15-12/h3-9H,10H2,1-2H3. The molecule has 0 saturated carbocycles. The van der Waals surface area contributed by atoms with E-state index >= 15 is 0 Å². The van der Waals surface area contributed by atoms with Gasteiger partial charge in [-0.05, 0) is 25.1 Å². The van der Waals surface area contributed by atoms with Gasteiger partial charge in [-0.1, -0.05) is 17.7 Å². The highest BCUT2D eigenvalue weighted by molar-refractivity contribution is 7.86. The SMILES string of the molecule is COc1ccnc(COS(=O)(=O)c2ccc(C)cc2)c1.